The molecule has 43 heavy (non-hydrogen) atoms. The van der Waals surface area contributed by atoms with E-state index in [1.54, 1.807) is 0 Å². The van der Waals surface area contributed by atoms with Gasteiger partial charge in [-0.25, -0.2) is 4.79 Å². The maximum absolute atomic E-state index is 13.7. The van der Waals surface area contributed by atoms with Gasteiger partial charge in [0.1, 0.15) is 5.58 Å². The molecule has 0 aliphatic carbocycles. The van der Waals surface area contributed by atoms with Crippen LogP contribution in [0.1, 0.15) is 94.4 Å². The molecule has 0 spiro atoms. The minimum atomic E-state index is -0.742. The maximum Gasteiger partial charge on any atom is 0.495 e. The Bertz CT molecular complexity index is 1600. The first-order chi connectivity index (χ1) is 20.0. The number of rotatable bonds is 6. The molecule has 1 atom stereocenters. The van der Waals surface area contributed by atoms with Gasteiger partial charge in [0.15, 0.2) is 5.43 Å². The Morgan fingerprint density at radius 2 is 1.65 bits per heavy atom. The zero-order valence-electron chi connectivity index (χ0n) is 27.3. The van der Waals surface area contributed by atoms with Gasteiger partial charge in [-0.05, 0) is 89.9 Å². The number of benzene rings is 2. The van der Waals surface area contributed by atoms with Crippen LogP contribution in [0.15, 0.2) is 39.5 Å². The first kappa shape index (κ1) is 31.1. The molecule has 0 bridgehead atoms. The van der Waals surface area contributed by atoms with E-state index in [0.29, 0.717) is 39.1 Å². The fraction of sp³-hybridized carbons (Fsp3) is 0.529. The lowest BCUT2D eigenvalue weighted by atomic mass is 9.75. The number of methoxy groups -OCH3 is 1. The third kappa shape index (κ3) is 5.69. The fourth-order valence-electron chi connectivity index (χ4n) is 5.99. The summed E-state index contributed by atoms with van der Waals surface area (Å²) >= 11 is 0. The molecule has 5 rings (SSSR count). The molecule has 3 aromatic rings. The van der Waals surface area contributed by atoms with Crippen LogP contribution in [0.2, 0.25) is 0 Å². The number of piperidine rings is 1. The van der Waals surface area contributed by atoms with Gasteiger partial charge >= 0.3 is 13.1 Å². The Labute approximate surface area is 255 Å². The fourth-order valence-corrected chi connectivity index (χ4v) is 5.99. The van der Waals surface area contributed by atoms with Gasteiger partial charge in [-0.15, -0.1) is 0 Å². The van der Waals surface area contributed by atoms with E-state index in [2.05, 4.69) is 24.1 Å². The molecule has 2 aromatic carbocycles. The molecule has 1 N–H and O–H groups in total. The average Bonchev–Trinajstić information content (AvgIpc) is 3.16. The second-order valence-electron chi connectivity index (χ2n) is 14.0. The van der Waals surface area contributed by atoms with E-state index in [0.717, 1.165) is 37.1 Å². The van der Waals surface area contributed by atoms with Gasteiger partial charge in [0.2, 0.25) is 5.88 Å². The summed E-state index contributed by atoms with van der Waals surface area (Å²) in [5, 5.41) is 4.08. The molecule has 0 saturated carbocycles. The first-order valence-electron chi connectivity index (χ1n) is 15.2. The number of esters is 1. The van der Waals surface area contributed by atoms with E-state index in [1.165, 1.54) is 7.11 Å². The number of carbonyl (C=O) groups is 1. The van der Waals surface area contributed by atoms with E-state index in [1.807, 2.05) is 78.8 Å². The van der Waals surface area contributed by atoms with Gasteiger partial charge in [0.05, 0.1) is 40.9 Å². The zero-order chi connectivity index (χ0) is 31.5. The molecule has 2 saturated heterocycles. The lowest BCUT2D eigenvalue weighted by Crippen LogP contribution is -2.41. The SMILES string of the molecule is COC(=O)c1c(NC(C)c2cc(C)cc3c(=O)c(C)c(N4CCC(C)(C)CC4)oc23)cccc1B1OC(C)(C)C(C)(C)O1. The molecule has 9 heteroatoms. The number of anilines is 2. The number of nitrogens with zero attached hydrogens (tertiary/aromatic N) is 1. The largest absolute Gasteiger partial charge is 0.495 e. The number of carbonyl (C=O) groups excluding carboxylic acids is 1. The standard InChI is InChI=1S/C34H45BN2O6/c1-20-18-23(29-24(19-20)28(38)21(2)30(41-29)37-16-14-32(4,5)15-17-37)22(3)36-26-13-11-12-25(27(26)31(39)40-10)35-42-33(6,7)34(8,9)43-35/h11-13,18-19,22,36H,14-17H2,1-10H3. The van der Waals surface area contributed by atoms with Crippen molar-refractivity contribution in [2.45, 2.75) is 92.4 Å². The first-order valence-corrected chi connectivity index (χ1v) is 15.2. The molecule has 2 fully saturated rings. The van der Waals surface area contributed by atoms with Crippen molar-refractivity contribution in [2.24, 2.45) is 5.41 Å². The Hall–Kier alpha value is -3.30. The van der Waals surface area contributed by atoms with Crippen LogP contribution in [-0.4, -0.2) is 44.5 Å². The third-order valence-electron chi connectivity index (χ3n) is 9.60. The number of hydrogen-bond acceptors (Lipinski definition) is 8. The van der Waals surface area contributed by atoms with E-state index in [-0.39, 0.29) is 16.9 Å². The van der Waals surface area contributed by atoms with Gasteiger partial charge in [-0.2, -0.15) is 0 Å². The van der Waals surface area contributed by atoms with Crippen molar-refractivity contribution < 1.29 is 23.3 Å². The minimum absolute atomic E-state index is 0.0174. The van der Waals surface area contributed by atoms with Crippen LogP contribution in [-0.2, 0) is 14.0 Å². The van der Waals surface area contributed by atoms with Gasteiger partial charge in [0.25, 0.3) is 0 Å². The second kappa shape index (κ2) is 11.0. The van der Waals surface area contributed by atoms with Crippen LogP contribution >= 0.6 is 0 Å². The summed E-state index contributed by atoms with van der Waals surface area (Å²) in [4.78, 5) is 29.1. The minimum Gasteiger partial charge on any atom is -0.465 e. The van der Waals surface area contributed by atoms with Crippen molar-refractivity contribution in [3.8, 4) is 0 Å². The van der Waals surface area contributed by atoms with Crippen LogP contribution in [0.5, 0.6) is 0 Å². The Morgan fingerprint density at radius 3 is 2.26 bits per heavy atom. The van der Waals surface area contributed by atoms with E-state index < -0.39 is 24.3 Å². The lowest BCUT2D eigenvalue weighted by molar-refractivity contribution is 0.00578. The van der Waals surface area contributed by atoms with Gasteiger partial charge in [0, 0.05) is 24.3 Å². The van der Waals surface area contributed by atoms with Crippen molar-refractivity contribution >= 4 is 41.1 Å². The molecule has 2 aliphatic rings. The Balaban J connectivity index is 1.56. The summed E-state index contributed by atoms with van der Waals surface area (Å²) < 4.78 is 24.5. The molecule has 230 valence electrons. The Kier molecular flexibility index (Phi) is 7.97. The molecule has 1 aromatic heterocycles. The van der Waals surface area contributed by atoms with Crippen molar-refractivity contribution in [3.63, 3.8) is 0 Å². The molecular weight excluding hydrogens is 543 g/mol. The molecule has 0 radical (unpaired) electrons. The second-order valence-corrected chi connectivity index (χ2v) is 14.0. The molecule has 3 heterocycles. The highest BCUT2D eigenvalue weighted by Gasteiger charge is 2.52. The number of nitrogens with one attached hydrogen (secondary N) is 1. The predicted molar refractivity (Wildman–Crippen MR) is 173 cm³/mol. The lowest BCUT2D eigenvalue weighted by Gasteiger charge is -2.37. The molecular formula is C34H45BN2O6. The third-order valence-corrected chi connectivity index (χ3v) is 9.60. The predicted octanol–water partition coefficient (Wildman–Crippen LogP) is 6.30. The summed E-state index contributed by atoms with van der Waals surface area (Å²) in [6.07, 6.45) is 2.06. The smallest absolute Gasteiger partial charge is 0.465 e. The monoisotopic (exact) mass is 588 g/mol. The zero-order valence-corrected chi connectivity index (χ0v) is 27.3. The molecule has 1 unspecified atom stereocenters. The summed E-state index contributed by atoms with van der Waals surface area (Å²) in [5.41, 5.74) is 3.61. The number of aryl methyl sites for hydroxylation is 1. The van der Waals surface area contributed by atoms with Crippen LogP contribution in [0.25, 0.3) is 11.0 Å². The maximum atomic E-state index is 13.7. The number of fused-ring (bicyclic) bond motifs is 1. The summed E-state index contributed by atoms with van der Waals surface area (Å²) in [6.45, 7) is 20.0. The van der Waals surface area contributed by atoms with E-state index in [4.69, 9.17) is 18.5 Å². The van der Waals surface area contributed by atoms with Crippen LogP contribution in [0.4, 0.5) is 11.6 Å². The van der Waals surface area contributed by atoms with Crippen LogP contribution in [0.3, 0.4) is 0 Å². The Morgan fingerprint density at radius 1 is 1.02 bits per heavy atom. The van der Waals surface area contributed by atoms with Gasteiger partial charge < -0.3 is 28.7 Å². The normalized spacial score (nSPS) is 19.9. The van der Waals surface area contributed by atoms with E-state index in [9.17, 15) is 9.59 Å². The number of hydrogen-bond donors (Lipinski definition) is 1. The topological polar surface area (TPSA) is 90.2 Å². The summed E-state index contributed by atoms with van der Waals surface area (Å²) in [5.74, 6) is 0.148. The summed E-state index contributed by atoms with van der Waals surface area (Å²) in [6, 6.07) is 9.16. The summed E-state index contributed by atoms with van der Waals surface area (Å²) in [7, 11) is 0.624. The van der Waals surface area contributed by atoms with Gasteiger partial charge in [-0.1, -0.05) is 32.0 Å². The average molecular weight is 589 g/mol. The van der Waals surface area contributed by atoms with Crippen molar-refractivity contribution in [2.75, 3.05) is 30.4 Å². The highest BCUT2D eigenvalue weighted by Crippen LogP contribution is 2.38. The van der Waals surface area contributed by atoms with Gasteiger partial charge in [-0.3, -0.25) is 4.79 Å². The quantitative estimate of drug-likeness (QED) is 0.265. The van der Waals surface area contributed by atoms with Crippen molar-refractivity contribution in [1.82, 2.24) is 0 Å². The molecule has 0 amide bonds. The highest BCUT2D eigenvalue weighted by molar-refractivity contribution is 6.64. The number of ether oxygens (including phenoxy) is 1. The van der Waals surface area contributed by atoms with Crippen LogP contribution < -0.4 is 21.1 Å². The molecule has 2 aliphatic heterocycles. The van der Waals surface area contributed by atoms with Crippen LogP contribution in [0, 0.1) is 19.3 Å². The van der Waals surface area contributed by atoms with E-state index >= 15 is 0 Å². The highest BCUT2D eigenvalue weighted by atomic mass is 16.7. The van der Waals surface area contributed by atoms with Crippen molar-refractivity contribution in [1.29, 1.82) is 0 Å². The van der Waals surface area contributed by atoms with Crippen molar-refractivity contribution in [3.05, 3.63) is 62.8 Å². The molecule has 8 nitrogen and oxygen atoms in total.